The standard InChI is InChI=1S/C12H28O2Si/c1-9-11(4)12(5,6)15(13-7,14-8)10(2)3/h10-11H,9H2,1-8H3. The van der Waals surface area contributed by atoms with Gasteiger partial charge >= 0.3 is 8.56 Å². The van der Waals surface area contributed by atoms with Crippen LogP contribution in [-0.4, -0.2) is 22.8 Å². The van der Waals surface area contributed by atoms with Crippen molar-refractivity contribution in [3.05, 3.63) is 0 Å². The van der Waals surface area contributed by atoms with Gasteiger partial charge in [-0.05, 0) is 11.5 Å². The zero-order chi connectivity index (χ0) is 12.3. The lowest BCUT2D eigenvalue weighted by Gasteiger charge is -2.47. The van der Waals surface area contributed by atoms with Gasteiger partial charge in [0.1, 0.15) is 0 Å². The van der Waals surface area contributed by atoms with E-state index in [2.05, 4.69) is 41.5 Å². The number of rotatable bonds is 6. The molecule has 92 valence electrons. The van der Waals surface area contributed by atoms with Gasteiger partial charge in [-0.25, -0.2) is 0 Å². The van der Waals surface area contributed by atoms with Crippen LogP contribution in [0.15, 0.2) is 0 Å². The third-order valence-electron chi connectivity index (χ3n) is 4.11. The Kier molecular flexibility index (Phi) is 5.51. The topological polar surface area (TPSA) is 18.5 Å². The summed E-state index contributed by atoms with van der Waals surface area (Å²) >= 11 is 0. The molecule has 1 unspecified atom stereocenters. The molecule has 0 aromatic heterocycles. The molecule has 0 saturated carbocycles. The minimum atomic E-state index is -2.13. The van der Waals surface area contributed by atoms with E-state index >= 15 is 0 Å². The lowest BCUT2D eigenvalue weighted by Crippen LogP contribution is -2.54. The first-order valence-electron chi connectivity index (χ1n) is 5.90. The monoisotopic (exact) mass is 232 g/mol. The van der Waals surface area contributed by atoms with Crippen LogP contribution in [0.1, 0.15) is 48.0 Å². The zero-order valence-corrected chi connectivity index (χ0v) is 12.7. The van der Waals surface area contributed by atoms with Crippen LogP contribution < -0.4 is 0 Å². The second-order valence-corrected chi connectivity index (χ2v) is 9.86. The van der Waals surface area contributed by atoms with E-state index in [1.54, 1.807) is 14.2 Å². The van der Waals surface area contributed by atoms with Crippen molar-refractivity contribution in [2.75, 3.05) is 14.2 Å². The van der Waals surface area contributed by atoms with E-state index in [1.807, 2.05) is 0 Å². The maximum atomic E-state index is 5.85. The van der Waals surface area contributed by atoms with Gasteiger partial charge in [0.05, 0.1) is 0 Å². The Morgan fingerprint density at radius 3 is 1.67 bits per heavy atom. The summed E-state index contributed by atoms with van der Waals surface area (Å²) in [6, 6.07) is 0. The van der Waals surface area contributed by atoms with Crippen LogP contribution in [0.4, 0.5) is 0 Å². The van der Waals surface area contributed by atoms with Gasteiger partial charge in [0.2, 0.25) is 0 Å². The summed E-state index contributed by atoms with van der Waals surface area (Å²) in [4.78, 5) is 0. The normalized spacial score (nSPS) is 15.8. The van der Waals surface area contributed by atoms with E-state index in [1.165, 1.54) is 6.42 Å². The molecule has 0 aliphatic carbocycles. The van der Waals surface area contributed by atoms with Crippen molar-refractivity contribution in [2.45, 2.75) is 58.5 Å². The summed E-state index contributed by atoms with van der Waals surface area (Å²) in [6.45, 7) is 13.5. The van der Waals surface area contributed by atoms with Crippen LogP contribution in [-0.2, 0) is 8.85 Å². The molecule has 0 spiro atoms. The molecule has 0 aliphatic heterocycles. The van der Waals surface area contributed by atoms with E-state index in [0.29, 0.717) is 11.5 Å². The Labute approximate surface area is 96.6 Å². The van der Waals surface area contributed by atoms with E-state index in [0.717, 1.165) is 0 Å². The SMILES string of the molecule is CCC(C)C(C)(C)[Si](OC)(OC)C(C)C. The first-order chi connectivity index (χ1) is 6.80. The first kappa shape index (κ1) is 15.1. The molecule has 0 saturated heterocycles. The maximum absolute atomic E-state index is 5.85. The highest BCUT2D eigenvalue weighted by molar-refractivity contribution is 6.71. The molecule has 2 nitrogen and oxygen atoms in total. The predicted molar refractivity (Wildman–Crippen MR) is 68.4 cm³/mol. The number of hydrogen-bond donors (Lipinski definition) is 0. The summed E-state index contributed by atoms with van der Waals surface area (Å²) in [7, 11) is 1.48. The predicted octanol–water partition coefficient (Wildman–Crippen LogP) is 3.96. The second-order valence-electron chi connectivity index (χ2n) is 5.26. The average Bonchev–Trinajstić information content (AvgIpc) is 2.18. The maximum Gasteiger partial charge on any atom is 0.346 e. The molecule has 0 rings (SSSR count). The fourth-order valence-electron chi connectivity index (χ4n) is 2.68. The molecule has 15 heavy (non-hydrogen) atoms. The Bertz CT molecular complexity index is 186. The summed E-state index contributed by atoms with van der Waals surface area (Å²) in [6.07, 6.45) is 1.17. The van der Waals surface area contributed by atoms with Gasteiger partial charge in [-0.3, -0.25) is 0 Å². The molecule has 0 radical (unpaired) electrons. The van der Waals surface area contributed by atoms with Crippen molar-refractivity contribution in [1.29, 1.82) is 0 Å². The van der Waals surface area contributed by atoms with E-state index in [9.17, 15) is 0 Å². The quantitative estimate of drug-likeness (QED) is 0.645. The Morgan fingerprint density at radius 1 is 1.07 bits per heavy atom. The molecule has 0 N–H and O–H groups in total. The summed E-state index contributed by atoms with van der Waals surface area (Å²) in [5.74, 6) is 0.617. The van der Waals surface area contributed by atoms with Crippen molar-refractivity contribution < 1.29 is 8.85 Å². The van der Waals surface area contributed by atoms with Crippen molar-refractivity contribution in [2.24, 2.45) is 5.92 Å². The molecule has 0 heterocycles. The molecule has 0 fully saturated rings. The van der Waals surface area contributed by atoms with Crippen LogP contribution in [0.5, 0.6) is 0 Å². The molecule has 0 amide bonds. The largest absolute Gasteiger partial charge is 0.397 e. The number of hydrogen-bond acceptors (Lipinski definition) is 2. The van der Waals surface area contributed by atoms with Crippen LogP contribution in [0.25, 0.3) is 0 Å². The molecular formula is C12H28O2Si. The second kappa shape index (κ2) is 5.46. The van der Waals surface area contributed by atoms with Gasteiger partial charge in [-0.15, -0.1) is 0 Å². The molecule has 1 atom stereocenters. The van der Waals surface area contributed by atoms with Crippen molar-refractivity contribution in [1.82, 2.24) is 0 Å². The van der Waals surface area contributed by atoms with Crippen molar-refractivity contribution in [3.8, 4) is 0 Å². The minimum Gasteiger partial charge on any atom is -0.397 e. The molecule has 0 aliphatic rings. The van der Waals surface area contributed by atoms with E-state index < -0.39 is 8.56 Å². The van der Waals surface area contributed by atoms with Crippen LogP contribution in [0.2, 0.25) is 10.6 Å². The third-order valence-corrected chi connectivity index (χ3v) is 9.13. The minimum absolute atomic E-state index is 0.138. The van der Waals surface area contributed by atoms with Gasteiger partial charge < -0.3 is 8.85 Å². The summed E-state index contributed by atoms with van der Waals surface area (Å²) in [5, 5.41) is 0.138. The molecular weight excluding hydrogens is 204 g/mol. The third kappa shape index (κ3) is 2.45. The Morgan fingerprint density at radius 2 is 1.47 bits per heavy atom. The van der Waals surface area contributed by atoms with Crippen molar-refractivity contribution >= 4 is 8.56 Å². The average molecular weight is 232 g/mol. The van der Waals surface area contributed by atoms with Gasteiger partial charge in [-0.2, -0.15) is 0 Å². The highest BCUT2D eigenvalue weighted by atomic mass is 28.4. The lowest BCUT2D eigenvalue weighted by atomic mass is 9.94. The fourth-order valence-corrected chi connectivity index (χ4v) is 7.22. The summed E-state index contributed by atoms with van der Waals surface area (Å²) < 4.78 is 11.7. The summed E-state index contributed by atoms with van der Waals surface area (Å²) in [5.41, 5.74) is 0.469. The van der Waals surface area contributed by atoms with Gasteiger partial charge in [0, 0.05) is 19.3 Å². The van der Waals surface area contributed by atoms with Crippen LogP contribution in [0, 0.1) is 5.92 Å². The molecule has 0 aromatic rings. The van der Waals surface area contributed by atoms with Crippen molar-refractivity contribution in [3.63, 3.8) is 0 Å². The molecule has 3 heteroatoms. The van der Waals surface area contributed by atoms with E-state index in [-0.39, 0.29) is 5.04 Å². The fraction of sp³-hybridized carbons (Fsp3) is 1.00. The zero-order valence-electron chi connectivity index (χ0n) is 11.7. The highest BCUT2D eigenvalue weighted by Crippen LogP contribution is 2.50. The van der Waals surface area contributed by atoms with Crippen LogP contribution >= 0.6 is 0 Å². The smallest absolute Gasteiger partial charge is 0.346 e. The lowest BCUT2D eigenvalue weighted by molar-refractivity contribution is 0.178. The van der Waals surface area contributed by atoms with Gasteiger partial charge in [0.15, 0.2) is 0 Å². The Hall–Kier alpha value is 0.137. The van der Waals surface area contributed by atoms with Gasteiger partial charge in [0.25, 0.3) is 0 Å². The Balaban J connectivity index is 5.22. The molecule has 0 aromatic carbocycles. The van der Waals surface area contributed by atoms with E-state index in [4.69, 9.17) is 8.85 Å². The molecule has 0 bridgehead atoms. The highest BCUT2D eigenvalue weighted by Gasteiger charge is 2.55. The van der Waals surface area contributed by atoms with Gasteiger partial charge in [-0.1, -0.05) is 48.0 Å². The van der Waals surface area contributed by atoms with Crippen LogP contribution in [0.3, 0.4) is 0 Å². The first-order valence-corrected chi connectivity index (χ1v) is 7.79.